The number of amides is 2. The zero-order chi connectivity index (χ0) is 25.4. The van der Waals surface area contributed by atoms with Crippen molar-refractivity contribution in [3.8, 4) is 0 Å². The number of hydrogen-bond donors (Lipinski definition) is 2. The first-order valence-electron chi connectivity index (χ1n) is 11.6. The second-order valence-corrected chi connectivity index (χ2v) is 9.09. The third kappa shape index (κ3) is 4.50. The summed E-state index contributed by atoms with van der Waals surface area (Å²) in [6.45, 7) is 3.64. The lowest BCUT2D eigenvalue weighted by atomic mass is 10.2. The highest BCUT2D eigenvalue weighted by Gasteiger charge is 2.31. The molecule has 1 fully saturated rings. The highest BCUT2D eigenvalue weighted by molar-refractivity contribution is 6.12. The predicted molar refractivity (Wildman–Crippen MR) is 134 cm³/mol. The molecule has 1 atom stereocenters. The Bertz CT molecular complexity index is 1490. The number of aromatic nitrogens is 5. The van der Waals surface area contributed by atoms with Crippen molar-refractivity contribution >= 4 is 45.8 Å². The topological polar surface area (TPSA) is 148 Å². The lowest BCUT2D eigenvalue weighted by Gasteiger charge is -2.15. The van der Waals surface area contributed by atoms with Crippen molar-refractivity contribution in [2.75, 3.05) is 44.8 Å². The number of carbonyl (C=O) groups excluding carboxylic acids is 2. The van der Waals surface area contributed by atoms with E-state index in [2.05, 4.69) is 25.4 Å². The molecule has 0 aliphatic carbocycles. The van der Waals surface area contributed by atoms with E-state index < -0.39 is 5.91 Å². The van der Waals surface area contributed by atoms with Gasteiger partial charge in [0.1, 0.15) is 17.7 Å². The van der Waals surface area contributed by atoms with Crippen molar-refractivity contribution in [1.29, 1.82) is 0 Å². The minimum atomic E-state index is -0.541. The normalized spacial score (nSPS) is 16.1. The highest BCUT2D eigenvalue weighted by atomic mass is 16.4. The molecule has 186 valence electrons. The molecule has 0 radical (unpaired) electrons. The quantitative estimate of drug-likeness (QED) is 0.388. The average Bonchev–Trinajstić information content (AvgIpc) is 3.55. The molecule has 0 spiro atoms. The van der Waals surface area contributed by atoms with Gasteiger partial charge in [-0.15, -0.1) is 0 Å². The number of carbonyl (C=O) groups is 2. The lowest BCUT2D eigenvalue weighted by molar-refractivity contribution is -0.125. The van der Waals surface area contributed by atoms with Crippen LogP contribution >= 0.6 is 0 Å². The molecule has 5 rings (SSSR count). The Morgan fingerprint density at radius 3 is 2.94 bits per heavy atom. The Morgan fingerprint density at radius 2 is 2.14 bits per heavy atom. The third-order valence-electron chi connectivity index (χ3n) is 6.05. The zero-order valence-corrected chi connectivity index (χ0v) is 20.3. The van der Waals surface area contributed by atoms with Gasteiger partial charge in [0.25, 0.3) is 5.91 Å². The number of oxazole rings is 1. The van der Waals surface area contributed by atoms with Gasteiger partial charge in [-0.3, -0.25) is 14.9 Å². The summed E-state index contributed by atoms with van der Waals surface area (Å²) in [5.74, 6) is -0.461. The van der Waals surface area contributed by atoms with Crippen LogP contribution in [0.1, 0.15) is 28.5 Å². The minimum absolute atomic E-state index is 0.0564. The first-order chi connectivity index (χ1) is 17.3. The summed E-state index contributed by atoms with van der Waals surface area (Å²) in [7, 11) is 3.88. The van der Waals surface area contributed by atoms with Crippen LogP contribution in [0.3, 0.4) is 0 Å². The van der Waals surface area contributed by atoms with E-state index in [-0.39, 0.29) is 29.5 Å². The van der Waals surface area contributed by atoms with Gasteiger partial charge in [0, 0.05) is 25.7 Å². The number of benzene rings is 1. The molecule has 4 aromatic rings. The molecule has 3 N–H and O–H groups in total. The van der Waals surface area contributed by atoms with Gasteiger partial charge in [0.15, 0.2) is 16.9 Å². The van der Waals surface area contributed by atoms with Crippen molar-refractivity contribution < 1.29 is 14.0 Å². The van der Waals surface area contributed by atoms with E-state index in [1.54, 1.807) is 21.7 Å². The molecule has 1 saturated heterocycles. The van der Waals surface area contributed by atoms with Crippen LogP contribution < -0.4 is 11.1 Å². The van der Waals surface area contributed by atoms with Crippen molar-refractivity contribution in [2.24, 2.45) is 0 Å². The van der Waals surface area contributed by atoms with Gasteiger partial charge in [-0.1, -0.05) is 12.1 Å². The molecule has 3 aromatic heterocycles. The molecule has 1 aliphatic heterocycles. The average molecular weight is 490 g/mol. The minimum Gasteiger partial charge on any atom is -0.423 e. The fraction of sp³-hybridized carbons (Fsp3) is 0.333. The maximum atomic E-state index is 13.2. The summed E-state index contributed by atoms with van der Waals surface area (Å²) < 4.78 is 7.32. The van der Waals surface area contributed by atoms with Crippen LogP contribution in [0.5, 0.6) is 0 Å². The van der Waals surface area contributed by atoms with E-state index in [9.17, 15) is 9.59 Å². The van der Waals surface area contributed by atoms with Gasteiger partial charge in [0.05, 0.1) is 11.4 Å². The van der Waals surface area contributed by atoms with Crippen molar-refractivity contribution in [3.63, 3.8) is 0 Å². The Kier molecular flexibility index (Phi) is 6.10. The third-order valence-corrected chi connectivity index (χ3v) is 6.05. The van der Waals surface area contributed by atoms with Gasteiger partial charge in [-0.05, 0) is 45.1 Å². The predicted octanol–water partition coefficient (Wildman–Crippen LogP) is 2.00. The summed E-state index contributed by atoms with van der Waals surface area (Å²) in [5.41, 5.74) is 8.86. The highest BCUT2D eigenvalue weighted by Crippen LogP contribution is 2.29. The number of fused-ring (bicyclic) bond motifs is 2. The SMILES string of the molecule is Cc1ccc2oc(NC(=O)c3nn([C@@H]4CCN(C(=O)/C=C/CN(C)C)C4)c4ncnc(N)c34)nc2c1. The van der Waals surface area contributed by atoms with Crippen LogP contribution in [0, 0.1) is 6.92 Å². The standard InChI is InChI=1S/C24H27N9O3/c1-14-6-7-17-16(11-14)28-24(36-17)29-23(35)20-19-21(25)26-13-27-22(19)33(30-20)15-8-10-32(12-15)18(34)5-4-9-31(2)3/h4-7,11,13,15H,8-10,12H2,1-3H3,(H2,25,26,27)(H,28,29,35)/b5-4+/t15-/m1/s1. The second-order valence-electron chi connectivity index (χ2n) is 9.09. The molecule has 0 unspecified atom stereocenters. The summed E-state index contributed by atoms with van der Waals surface area (Å²) in [6.07, 6.45) is 5.43. The first kappa shape index (κ1) is 23.4. The Hall–Kier alpha value is -4.32. The van der Waals surface area contributed by atoms with Gasteiger partial charge in [-0.25, -0.2) is 14.6 Å². The van der Waals surface area contributed by atoms with E-state index in [0.29, 0.717) is 48.2 Å². The molecule has 36 heavy (non-hydrogen) atoms. The summed E-state index contributed by atoms with van der Waals surface area (Å²) in [5, 5.41) is 7.58. The smallest absolute Gasteiger partial charge is 0.302 e. The molecule has 2 amide bonds. The monoisotopic (exact) mass is 489 g/mol. The lowest BCUT2D eigenvalue weighted by Crippen LogP contribution is -2.28. The number of anilines is 2. The number of likely N-dealkylation sites (N-methyl/N-ethyl adjacent to an activating group) is 1. The van der Waals surface area contributed by atoms with Gasteiger partial charge >= 0.3 is 6.01 Å². The number of nitrogens with two attached hydrogens (primary N) is 1. The van der Waals surface area contributed by atoms with Gasteiger partial charge in [0.2, 0.25) is 5.91 Å². The molecule has 1 aliphatic rings. The maximum Gasteiger partial charge on any atom is 0.302 e. The summed E-state index contributed by atoms with van der Waals surface area (Å²) >= 11 is 0. The zero-order valence-electron chi connectivity index (χ0n) is 20.3. The van der Waals surface area contributed by atoms with Crippen molar-refractivity contribution in [2.45, 2.75) is 19.4 Å². The number of likely N-dealkylation sites (tertiary alicyclic amines) is 1. The van der Waals surface area contributed by atoms with Crippen LogP contribution in [0.4, 0.5) is 11.8 Å². The Morgan fingerprint density at radius 1 is 1.31 bits per heavy atom. The van der Waals surface area contributed by atoms with E-state index in [1.807, 2.05) is 44.1 Å². The molecular weight excluding hydrogens is 462 g/mol. The van der Waals surface area contributed by atoms with E-state index in [4.69, 9.17) is 10.2 Å². The van der Waals surface area contributed by atoms with Crippen LogP contribution in [-0.4, -0.2) is 80.1 Å². The fourth-order valence-electron chi connectivity index (χ4n) is 4.27. The van der Waals surface area contributed by atoms with Crippen molar-refractivity contribution in [3.05, 3.63) is 47.9 Å². The molecule has 12 nitrogen and oxygen atoms in total. The molecule has 0 saturated carbocycles. The largest absolute Gasteiger partial charge is 0.423 e. The molecule has 12 heteroatoms. The Labute approximate surface area is 206 Å². The fourth-order valence-corrected chi connectivity index (χ4v) is 4.27. The van der Waals surface area contributed by atoms with Crippen molar-refractivity contribution in [1.82, 2.24) is 34.5 Å². The van der Waals surface area contributed by atoms with Gasteiger partial charge in [-0.2, -0.15) is 10.1 Å². The first-order valence-corrected chi connectivity index (χ1v) is 11.6. The number of aryl methyl sites for hydroxylation is 1. The molecule has 4 heterocycles. The van der Waals surface area contributed by atoms with Crippen LogP contribution in [-0.2, 0) is 4.79 Å². The van der Waals surface area contributed by atoms with Crippen LogP contribution in [0.25, 0.3) is 22.1 Å². The van der Waals surface area contributed by atoms with E-state index in [0.717, 1.165) is 5.56 Å². The van der Waals surface area contributed by atoms with E-state index >= 15 is 0 Å². The molecule has 1 aromatic carbocycles. The second kappa shape index (κ2) is 9.38. The number of rotatable bonds is 6. The number of nitrogens with one attached hydrogen (secondary N) is 1. The summed E-state index contributed by atoms with van der Waals surface area (Å²) in [4.78, 5) is 42.3. The molecular formula is C24H27N9O3. The van der Waals surface area contributed by atoms with Crippen LogP contribution in [0.15, 0.2) is 41.1 Å². The number of hydrogen-bond acceptors (Lipinski definition) is 9. The number of nitrogen functional groups attached to an aromatic ring is 1. The van der Waals surface area contributed by atoms with Crippen LogP contribution in [0.2, 0.25) is 0 Å². The molecule has 0 bridgehead atoms. The summed E-state index contributed by atoms with van der Waals surface area (Å²) in [6, 6.07) is 5.46. The number of nitrogens with zero attached hydrogens (tertiary/aromatic N) is 7. The Balaban J connectivity index is 1.40. The maximum absolute atomic E-state index is 13.2. The van der Waals surface area contributed by atoms with E-state index in [1.165, 1.54) is 6.33 Å². The van der Waals surface area contributed by atoms with Gasteiger partial charge < -0.3 is 20.0 Å².